The molecular formula is C14H19N5O2. The van der Waals surface area contributed by atoms with E-state index in [1.807, 2.05) is 6.92 Å². The molecule has 0 amide bonds. The Kier molecular flexibility index (Phi) is 3.64. The molecule has 0 saturated heterocycles. The summed E-state index contributed by atoms with van der Waals surface area (Å²) in [4.78, 5) is 18.6. The van der Waals surface area contributed by atoms with E-state index in [9.17, 15) is 4.79 Å². The van der Waals surface area contributed by atoms with E-state index in [1.165, 1.54) is 12.8 Å². The van der Waals surface area contributed by atoms with Gasteiger partial charge in [0.05, 0.1) is 24.1 Å². The van der Waals surface area contributed by atoms with Gasteiger partial charge in [-0.25, -0.2) is 9.48 Å². The normalized spacial score (nSPS) is 15.5. The quantitative estimate of drug-likeness (QED) is 0.923. The van der Waals surface area contributed by atoms with Crippen LogP contribution in [0.5, 0.6) is 0 Å². The van der Waals surface area contributed by atoms with Crippen molar-refractivity contribution >= 4 is 11.8 Å². The van der Waals surface area contributed by atoms with Gasteiger partial charge in [0.1, 0.15) is 11.4 Å². The summed E-state index contributed by atoms with van der Waals surface area (Å²) in [6.07, 6.45) is 8.20. The largest absolute Gasteiger partial charge is 0.383 e. The molecule has 0 aromatic carbocycles. The van der Waals surface area contributed by atoms with E-state index in [2.05, 4.69) is 10.2 Å². The first-order valence-corrected chi connectivity index (χ1v) is 7.30. The fourth-order valence-electron chi connectivity index (χ4n) is 2.83. The molecule has 1 aliphatic carbocycles. The van der Waals surface area contributed by atoms with Crippen LogP contribution in [-0.2, 0) is 6.42 Å². The van der Waals surface area contributed by atoms with Crippen LogP contribution >= 0.6 is 0 Å². The van der Waals surface area contributed by atoms with Crippen molar-refractivity contribution in [3.8, 4) is 0 Å². The number of hydrogen-bond donors (Lipinski definition) is 1. The number of carbonyl (C=O) groups is 1. The van der Waals surface area contributed by atoms with Crippen LogP contribution in [0.2, 0.25) is 0 Å². The Labute approximate surface area is 122 Å². The van der Waals surface area contributed by atoms with Gasteiger partial charge >= 0.3 is 5.97 Å². The molecule has 0 spiro atoms. The molecule has 7 heteroatoms. The summed E-state index contributed by atoms with van der Waals surface area (Å²) in [5, 5.41) is 8.38. The van der Waals surface area contributed by atoms with Crippen LogP contribution in [0.1, 0.15) is 54.7 Å². The van der Waals surface area contributed by atoms with E-state index < -0.39 is 5.97 Å². The molecule has 3 rings (SSSR count). The van der Waals surface area contributed by atoms with Crippen LogP contribution < -0.4 is 10.6 Å². The van der Waals surface area contributed by atoms with Crippen LogP contribution in [-0.4, -0.2) is 25.7 Å². The van der Waals surface area contributed by atoms with Crippen molar-refractivity contribution in [3.63, 3.8) is 0 Å². The topological polar surface area (TPSA) is 88.0 Å². The zero-order chi connectivity index (χ0) is 14.8. The fraction of sp³-hybridized carbons (Fsp3) is 0.500. The third kappa shape index (κ3) is 2.51. The molecule has 2 aromatic heterocycles. The summed E-state index contributed by atoms with van der Waals surface area (Å²) in [6.45, 7) is 1.95. The van der Waals surface area contributed by atoms with Gasteiger partial charge in [-0.05, 0) is 25.3 Å². The van der Waals surface area contributed by atoms with E-state index >= 15 is 0 Å². The zero-order valence-corrected chi connectivity index (χ0v) is 12.0. The SMILES string of the molecule is CCc1nn(C2CCCC2)c(N)c1C(=O)On1cccn1. The summed E-state index contributed by atoms with van der Waals surface area (Å²) in [7, 11) is 0. The number of aryl methyl sites for hydroxylation is 1. The number of carbonyl (C=O) groups excluding carboxylic acids is 1. The first-order chi connectivity index (χ1) is 10.2. The molecule has 1 aliphatic rings. The molecule has 1 fully saturated rings. The van der Waals surface area contributed by atoms with Crippen LogP contribution in [0.4, 0.5) is 5.82 Å². The molecule has 112 valence electrons. The van der Waals surface area contributed by atoms with Crippen molar-refractivity contribution < 1.29 is 9.63 Å². The van der Waals surface area contributed by atoms with Gasteiger partial charge in [-0.1, -0.05) is 24.6 Å². The Balaban J connectivity index is 1.91. The standard InChI is InChI=1S/C14H19N5O2/c1-2-11-12(14(20)21-18-9-5-8-16-18)13(15)19(17-11)10-6-3-4-7-10/h5,8-10H,2-4,6-7,15H2,1H3. The van der Waals surface area contributed by atoms with Crippen LogP contribution in [0.25, 0.3) is 0 Å². The number of nitrogen functional groups attached to an aromatic ring is 1. The highest BCUT2D eigenvalue weighted by molar-refractivity contribution is 5.95. The Morgan fingerprint density at radius 3 is 2.86 bits per heavy atom. The second kappa shape index (κ2) is 5.59. The van der Waals surface area contributed by atoms with E-state index in [0.29, 0.717) is 29.5 Å². The van der Waals surface area contributed by atoms with Crippen molar-refractivity contribution in [1.29, 1.82) is 0 Å². The first-order valence-electron chi connectivity index (χ1n) is 7.30. The van der Waals surface area contributed by atoms with Crippen molar-refractivity contribution in [2.45, 2.75) is 45.1 Å². The number of rotatable bonds is 4. The zero-order valence-electron chi connectivity index (χ0n) is 12.0. The average Bonchev–Trinajstić information content (AvgIpc) is 3.18. The molecule has 2 aromatic rings. The minimum Gasteiger partial charge on any atom is -0.383 e. The summed E-state index contributed by atoms with van der Waals surface area (Å²) in [5.41, 5.74) is 7.20. The van der Waals surface area contributed by atoms with Crippen LogP contribution in [0.3, 0.4) is 0 Å². The number of nitrogens with two attached hydrogens (primary N) is 1. The van der Waals surface area contributed by atoms with Gasteiger partial charge in [-0.15, -0.1) is 5.10 Å². The maximum absolute atomic E-state index is 12.3. The highest BCUT2D eigenvalue weighted by Crippen LogP contribution is 2.32. The molecule has 0 unspecified atom stereocenters. The summed E-state index contributed by atoms with van der Waals surface area (Å²) < 4.78 is 1.80. The molecule has 0 aliphatic heterocycles. The molecule has 0 bridgehead atoms. The molecule has 21 heavy (non-hydrogen) atoms. The Morgan fingerprint density at radius 1 is 1.48 bits per heavy atom. The van der Waals surface area contributed by atoms with E-state index in [-0.39, 0.29) is 0 Å². The highest BCUT2D eigenvalue weighted by atomic mass is 16.7. The van der Waals surface area contributed by atoms with Gasteiger partial charge < -0.3 is 10.6 Å². The van der Waals surface area contributed by atoms with E-state index in [1.54, 1.807) is 23.1 Å². The first kappa shape index (κ1) is 13.7. The van der Waals surface area contributed by atoms with Gasteiger partial charge in [0.2, 0.25) is 0 Å². The molecule has 2 heterocycles. The molecule has 1 saturated carbocycles. The highest BCUT2D eigenvalue weighted by Gasteiger charge is 2.28. The van der Waals surface area contributed by atoms with Gasteiger partial charge in [0.25, 0.3) is 0 Å². The third-order valence-corrected chi connectivity index (χ3v) is 3.89. The van der Waals surface area contributed by atoms with Gasteiger partial charge in [0, 0.05) is 0 Å². The molecule has 0 radical (unpaired) electrons. The third-order valence-electron chi connectivity index (χ3n) is 3.89. The predicted molar refractivity (Wildman–Crippen MR) is 76.7 cm³/mol. The Morgan fingerprint density at radius 2 is 2.24 bits per heavy atom. The number of aromatic nitrogens is 4. The van der Waals surface area contributed by atoms with Crippen LogP contribution in [0.15, 0.2) is 18.5 Å². The molecular weight excluding hydrogens is 270 g/mol. The smallest absolute Gasteiger partial charge is 0.371 e. The second-order valence-corrected chi connectivity index (χ2v) is 5.23. The molecule has 0 atom stereocenters. The van der Waals surface area contributed by atoms with E-state index in [4.69, 9.17) is 10.6 Å². The Bertz CT molecular complexity index is 626. The Hall–Kier alpha value is -2.31. The monoisotopic (exact) mass is 289 g/mol. The van der Waals surface area contributed by atoms with Crippen molar-refractivity contribution in [3.05, 3.63) is 29.7 Å². The maximum Gasteiger partial charge on any atom is 0.371 e. The second-order valence-electron chi connectivity index (χ2n) is 5.23. The van der Waals surface area contributed by atoms with Crippen LogP contribution in [0, 0.1) is 0 Å². The predicted octanol–water partition coefficient (Wildman–Crippen LogP) is 1.61. The van der Waals surface area contributed by atoms with Gasteiger partial charge in [0.15, 0.2) is 0 Å². The minimum atomic E-state index is -0.516. The van der Waals surface area contributed by atoms with Crippen molar-refractivity contribution in [2.75, 3.05) is 5.73 Å². The number of hydrogen-bond acceptors (Lipinski definition) is 5. The van der Waals surface area contributed by atoms with Crippen molar-refractivity contribution in [1.82, 2.24) is 19.7 Å². The minimum absolute atomic E-state index is 0.293. The lowest BCUT2D eigenvalue weighted by molar-refractivity contribution is 0.0394. The van der Waals surface area contributed by atoms with Crippen molar-refractivity contribution in [2.24, 2.45) is 0 Å². The van der Waals surface area contributed by atoms with Gasteiger partial charge in [-0.3, -0.25) is 0 Å². The number of anilines is 1. The van der Waals surface area contributed by atoms with Gasteiger partial charge in [-0.2, -0.15) is 5.10 Å². The lowest BCUT2D eigenvalue weighted by Crippen LogP contribution is -2.22. The summed E-state index contributed by atoms with van der Waals surface area (Å²) >= 11 is 0. The average molecular weight is 289 g/mol. The number of nitrogens with zero attached hydrogens (tertiary/aromatic N) is 4. The van der Waals surface area contributed by atoms with E-state index in [0.717, 1.165) is 17.7 Å². The lowest BCUT2D eigenvalue weighted by Gasteiger charge is -2.11. The fourth-order valence-corrected chi connectivity index (χ4v) is 2.83. The molecule has 2 N–H and O–H groups in total. The maximum atomic E-state index is 12.3. The molecule has 7 nitrogen and oxygen atoms in total. The lowest BCUT2D eigenvalue weighted by atomic mass is 10.2. The summed E-state index contributed by atoms with van der Waals surface area (Å²) in [5.74, 6) is -0.117. The summed E-state index contributed by atoms with van der Waals surface area (Å²) in [6, 6.07) is 1.97.